The molecule has 1 N–H and O–H groups in total. The quantitative estimate of drug-likeness (QED) is 0.376. The molecule has 9 heteroatoms. The molecule has 7 nitrogen and oxygen atoms in total. The number of benzene rings is 2. The number of likely N-dealkylation sites (tertiary alicyclic amines) is 1. The molecule has 32 heavy (non-hydrogen) atoms. The zero-order chi connectivity index (χ0) is 23.2. The number of amides is 3. The molecule has 2 heterocycles. The van der Waals surface area contributed by atoms with Crippen LogP contribution in [0.3, 0.4) is 0 Å². The second kappa shape index (κ2) is 8.37. The van der Waals surface area contributed by atoms with E-state index in [4.69, 9.17) is 17.0 Å². The molecule has 2 aromatic carbocycles. The zero-order valence-electron chi connectivity index (χ0n) is 18.0. The average molecular weight is 473 g/mol. The number of hydrogen-bond acceptors (Lipinski definition) is 6. The summed E-state index contributed by atoms with van der Waals surface area (Å²) >= 11 is 6.19. The molecule has 2 aliphatic rings. The summed E-state index contributed by atoms with van der Waals surface area (Å²) in [5.74, 6) is -0.855. The van der Waals surface area contributed by atoms with Crippen molar-refractivity contribution in [1.82, 2.24) is 9.21 Å². The van der Waals surface area contributed by atoms with Gasteiger partial charge in [-0.25, -0.2) is 9.10 Å². The predicted octanol–water partition coefficient (Wildman–Crippen LogP) is 4.94. The fourth-order valence-electron chi connectivity index (χ4n) is 4.41. The van der Waals surface area contributed by atoms with Crippen LogP contribution in [0.1, 0.15) is 54.3 Å². The first-order valence-corrected chi connectivity index (χ1v) is 11.5. The van der Waals surface area contributed by atoms with Crippen LogP contribution in [0.25, 0.3) is 10.8 Å². The van der Waals surface area contributed by atoms with Crippen LogP contribution in [-0.4, -0.2) is 55.3 Å². The topological polar surface area (TPSA) is 87.2 Å². The van der Waals surface area contributed by atoms with Crippen molar-refractivity contribution in [2.24, 2.45) is 5.41 Å². The lowest BCUT2D eigenvalue weighted by Crippen LogP contribution is -2.53. The summed E-state index contributed by atoms with van der Waals surface area (Å²) in [4.78, 5) is 39.2. The minimum atomic E-state index is -0.947. The second-order valence-electron chi connectivity index (χ2n) is 9.08. The maximum Gasteiger partial charge on any atom is 0.407 e. The van der Waals surface area contributed by atoms with Crippen molar-refractivity contribution in [3.63, 3.8) is 0 Å². The van der Waals surface area contributed by atoms with Crippen LogP contribution in [0.4, 0.5) is 4.79 Å². The van der Waals surface area contributed by atoms with Gasteiger partial charge in [-0.15, -0.1) is 0 Å². The highest BCUT2D eigenvalue weighted by atomic mass is 32.2. The van der Waals surface area contributed by atoms with Gasteiger partial charge >= 0.3 is 6.09 Å². The first-order chi connectivity index (χ1) is 15.1. The number of ether oxygens (including phenoxy) is 1. The second-order valence-corrected chi connectivity index (χ2v) is 10.6. The van der Waals surface area contributed by atoms with E-state index in [1.54, 1.807) is 24.3 Å². The molecule has 0 spiro atoms. The van der Waals surface area contributed by atoms with Crippen molar-refractivity contribution < 1.29 is 24.2 Å². The van der Waals surface area contributed by atoms with Crippen LogP contribution in [-0.2, 0) is 4.74 Å². The minimum absolute atomic E-state index is 0.0692. The smallest absolute Gasteiger partial charge is 0.407 e. The van der Waals surface area contributed by atoms with Crippen LogP contribution in [0.2, 0.25) is 0 Å². The van der Waals surface area contributed by atoms with Crippen molar-refractivity contribution >= 4 is 57.2 Å². The van der Waals surface area contributed by atoms with Gasteiger partial charge in [0.25, 0.3) is 11.8 Å². The first kappa shape index (κ1) is 22.5. The number of hydrogen-bond donors (Lipinski definition) is 1. The molecule has 168 valence electrons. The molecule has 1 fully saturated rings. The number of nitrogens with zero attached hydrogens (tertiary/aromatic N) is 2. The average Bonchev–Trinajstić information content (AvgIpc) is 2.74. The van der Waals surface area contributed by atoms with E-state index in [0.29, 0.717) is 35.9 Å². The molecule has 1 saturated heterocycles. The van der Waals surface area contributed by atoms with Gasteiger partial charge in [0.15, 0.2) is 0 Å². The van der Waals surface area contributed by atoms with Gasteiger partial charge in [0.1, 0.15) is 6.10 Å². The molecule has 2 unspecified atom stereocenters. The molecule has 4 rings (SSSR count). The fraction of sp³-hybridized carbons (Fsp3) is 0.391. The molecule has 0 saturated carbocycles. The van der Waals surface area contributed by atoms with Crippen LogP contribution in [0, 0.1) is 5.41 Å². The highest BCUT2D eigenvalue weighted by molar-refractivity contribution is 8.21. The van der Waals surface area contributed by atoms with Gasteiger partial charge in [-0.3, -0.25) is 9.59 Å². The molecule has 2 atom stereocenters. The minimum Gasteiger partial charge on any atom is -0.474 e. The SMILES string of the molecule is CC(C)(C)C1CC(OC(=S)SN2C(=O)c3cccc4cccc(c34)C2=O)CCN1C(=O)O. The molecule has 0 aliphatic carbocycles. The predicted molar refractivity (Wildman–Crippen MR) is 127 cm³/mol. The van der Waals surface area contributed by atoms with Crippen molar-refractivity contribution in [3.8, 4) is 0 Å². The molecular formula is C23H24N2O5S2. The Morgan fingerprint density at radius 3 is 2.25 bits per heavy atom. The molecule has 0 radical (unpaired) electrons. The number of thiocarbonyl (C=S) groups is 1. The third-order valence-corrected chi connectivity index (χ3v) is 7.04. The third-order valence-electron chi connectivity index (χ3n) is 5.96. The van der Waals surface area contributed by atoms with Crippen molar-refractivity contribution in [2.45, 2.75) is 45.8 Å². The molecule has 2 aliphatic heterocycles. The molecule has 0 aromatic heterocycles. The standard InChI is InChI=1S/C23H24N2O5S2/c1-23(2,3)17-12-14(10-11-24(17)21(28)29)30-22(31)32-25-19(26)15-8-4-6-13-7-5-9-16(18(13)15)20(25)27/h4-9,14,17H,10-12H2,1-3H3,(H,28,29). The first-order valence-electron chi connectivity index (χ1n) is 10.4. The lowest BCUT2D eigenvalue weighted by molar-refractivity contribution is 0.0113. The largest absolute Gasteiger partial charge is 0.474 e. The van der Waals surface area contributed by atoms with E-state index in [2.05, 4.69) is 0 Å². The van der Waals surface area contributed by atoms with Gasteiger partial charge in [-0.1, -0.05) is 45.0 Å². The Kier molecular flexibility index (Phi) is 5.89. The Morgan fingerprint density at radius 2 is 1.72 bits per heavy atom. The van der Waals surface area contributed by atoms with Crippen LogP contribution in [0.5, 0.6) is 0 Å². The highest BCUT2D eigenvalue weighted by Gasteiger charge is 2.40. The van der Waals surface area contributed by atoms with Crippen molar-refractivity contribution in [1.29, 1.82) is 0 Å². The molecule has 3 amide bonds. The zero-order valence-corrected chi connectivity index (χ0v) is 19.7. The summed E-state index contributed by atoms with van der Waals surface area (Å²) in [7, 11) is 0. The highest BCUT2D eigenvalue weighted by Crippen LogP contribution is 2.36. The van der Waals surface area contributed by atoms with E-state index >= 15 is 0 Å². The van der Waals surface area contributed by atoms with E-state index in [0.717, 1.165) is 21.6 Å². The summed E-state index contributed by atoms with van der Waals surface area (Å²) in [5.41, 5.74) is 0.641. The van der Waals surface area contributed by atoms with Gasteiger partial charge < -0.3 is 14.7 Å². The number of imide groups is 1. The van der Waals surface area contributed by atoms with Crippen molar-refractivity contribution in [2.75, 3.05) is 6.54 Å². The molecule has 0 bridgehead atoms. The van der Waals surface area contributed by atoms with E-state index in [1.165, 1.54) is 4.90 Å². The third kappa shape index (κ3) is 4.06. The van der Waals surface area contributed by atoms with E-state index < -0.39 is 17.9 Å². The Labute approximate surface area is 195 Å². The Bertz CT molecular complexity index is 1080. The van der Waals surface area contributed by atoms with E-state index in [1.807, 2.05) is 32.9 Å². The maximum atomic E-state index is 13.0. The van der Waals surface area contributed by atoms with E-state index in [9.17, 15) is 19.5 Å². The summed E-state index contributed by atoms with van der Waals surface area (Å²) < 4.78 is 7.05. The van der Waals surface area contributed by atoms with Crippen LogP contribution >= 0.6 is 24.2 Å². The number of carbonyl (C=O) groups excluding carboxylic acids is 2. The van der Waals surface area contributed by atoms with Crippen LogP contribution in [0.15, 0.2) is 36.4 Å². The van der Waals surface area contributed by atoms with Gasteiger partial charge in [-0.05, 0) is 35.2 Å². The number of carboxylic acid groups (broad SMARTS) is 1. The monoisotopic (exact) mass is 472 g/mol. The lowest BCUT2D eigenvalue weighted by Gasteiger charge is -2.44. The molecule has 2 aromatic rings. The number of piperidine rings is 1. The summed E-state index contributed by atoms with van der Waals surface area (Å²) in [6.07, 6.45) is -0.261. The number of carbonyl (C=O) groups is 3. The van der Waals surface area contributed by atoms with E-state index in [-0.39, 0.29) is 21.9 Å². The van der Waals surface area contributed by atoms with Gasteiger partial charge in [0.05, 0.1) is 0 Å². The Morgan fingerprint density at radius 1 is 1.12 bits per heavy atom. The van der Waals surface area contributed by atoms with Gasteiger partial charge in [-0.2, -0.15) is 0 Å². The van der Waals surface area contributed by atoms with Gasteiger partial charge in [0.2, 0.25) is 4.38 Å². The Hall–Kier alpha value is -2.65. The summed E-state index contributed by atoms with van der Waals surface area (Å²) in [6.45, 7) is 6.32. The van der Waals surface area contributed by atoms with Gasteiger partial charge in [0, 0.05) is 53.9 Å². The fourth-order valence-corrected chi connectivity index (χ4v) is 5.46. The number of rotatable bonds is 2. The van der Waals surface area contributed by atoms with Crippen LogP contribution < -0.4 is 0 Å². The summed E-state index contributed by atoms with van der Waals surface area (Å²) in [5, 5.41) is 11.0. The lowest BCUT2D eigenvalue weighted by atomic mass is 9.80. The summed E-state index contributed by atoms with van der Waals surface area (Å²) in [6, 6.07) is 10.5. The van der Waals surface area contributed by atoms with Crippen molar-refractivity contribution in [3.05, 3.63) is 47.5 Å². The normalized spacial score (nSPS) is 21.1. The Balaban J connectivity index is 1.49. The maximum absolute atomic E-state index is 13.0. The molecular weight excluding hydrogens is 448 g/mol.